The van der Waals surface area contributed by atoms with Crippen molar-refractivity contribution in [1.82, 2.24) is 4.57 Å². The van der Waals surface area contributed by atoms with Gasteiger partial charge in [0.2, 0.25) is 0 Å². The van der Waals surface area contributed by atoms with Gasteiger partial charge < -0.3 is 14.0 Å². The van der Waals surface area contributed by atoms with Crippen LogP contribution in [0.4, 0.5) is 0 Å². The molecule has 0 aliphatic heterocycles. The predicted molar refractivity (Wildman–Crippen MR) is 101 cm³/mol. The fourth-order valence-corrected chi connectivity index (χ4v) is 3.25. The van der Waals surface area contributed by atoms with E-state index in [2.05, 4.69) is 34.0 Å². The Morgan fingerprint density at radius 1 is 1.38 bits per heavy atom. The molecule has 0 bridgehead atoms. The van der Waals surface area contributed by atoms with Gasteiger partial charge in [-0.05, 0) is 48.3 Å². The van der Waals surface area contributed by atoms with E-state index in [0.717, 1.165) is 40.5 Å². The third kappa shape index (κ3) is 3.66. The Hall–Kier alpha value is -1.75. The van der Waals surface area contributed by atoms with Crippen molar-refractivity contribution < 1.29 is 14.3 Å². The number of unbranched alkanes of at least 4 members (excludes halogenated alkanes) is 1. The third-order valence-corrected chi connectivity index (χ3v) is 4.57. The average molecular weight is 394 g/mol. The van der Waals surface area contributed by atoms with E-state index >= 15 is 0 Å². The van der Waals surface area contributed by atoms with E-state index in [1.165, 1.54) is 0 Å². The SMILES string of the molecule is C=CCOc1cc2c(C(=O)OCC)c(C)n(CCCC)c2cc1Br. The maximum absolute atomic E-state index is 12.5. The van der Waals surface area contributed by atoms with Gasteiger partial charge in [-0.3, -0.25) is 0 Å². The highest BCUT2D eigenvalue weighted by molar-refractivity contribution is 9.10. The van der Waals surface area contributed by atoms with Gasteiger partial charge in [-0.2, -0.15) is 0 Å². The maximum atomic E-state index is 12.5. The second-order valence-corrected chi connectivity index (χ2v) is 6.44. The monoisotopic (exact) mass is 393 g/mol. The molecule has 0 radical (unpaired) electrons. The highest BCUT2D eigenvalue weighted by Crippen LogP contribution is 2.35. The summed E-state index contributed by atoms with van der Waals surface area (Å²) in [6, 6.07) is 3.92. The predicted octanol–water partition coefficient (Wildman–Crippen LogP) is 5.25. The largest absolute Gasteiger partial charge is 0.488 e. The fourth-order valence-electron chi connectivity index (χ4n) is 2.80. The minimum atomic E-state index is -0.285. The molecule has 1 aromatic heterocycles. The molecule has 0 fully saturated rings. The highest BCUT2D eigenvalue weighted by Gasteiger charge is 2.22. The van der Waals surface area contributed by atoms with Gasteiger partial charge >= 0.3 is 5.97 Å². The first kappa shape index (κ1) is 18.6. The van der Waals surface area contributed by atoms with E-state index in [1.54, 1.807) is 6.08 Å². The van der Waals surface area contributed by atoms with Crippen molar-refractivity contribution in [3.8, 4) is 5.75 Å². The average Bonchev–Trinajstić information content (AvgIpc) is 2.82. The molecule has 0 saturated carbocycles. The zero-order valence-electron chi connectivity index (χ0n) is 14.5. The fraction of sp³-hybridized carbons (Fsp3) is 0.421. The first-order valence-corrected chi connectivity index (χ1v) is 9.07. The molecule has 2 rings (SSSR count). The van der Waals surface area contributed by atoms with Crippen molar-refractivity contribution in [2.45, 2.75) is 40.2 Å². The summed E-state index contributed by atoms with van der Waals surface area (Å²) in [6.45, 7) is 11.3. The maximum Gasteiger partial charge on any atom is 0.340 e. The number of aryl methyl sites for hydroxylation is 1. The van der Waals surface area contributed by atoms with Crippen LogP contribution >= 0.6 is 15.9 Å². The molecular weight excluding hydrogens is 370 g/mol. The molecular formula is C19H24BrNO3. The lowest BCUT2D eigenvalue weighted by atomic mass is 10.1. The lowest BCUT2D eigenvalue weighted by Crippen LogP contribution is -2.07. The number of hydrogen-bond donors (Lipinski definition) is 0. The van der Waals surface area contributed by atoms with Gasteiger partial charge in [0.05, 0.1) is 22.2 Å². The molecule has 5 heteroatoms. The number of carbonyl (C=O) groups is 1. The summed E-state index contributed by atoms with van der Waals surface area (Å²) in [5.41, 5.74) is 2.57. The first-order valence-electron chi connectivity index (χ1n) is 8.28. The van der Waals surface area contributed by atoms with E-state index in [9.17, 15) is 4.79 Å². The van der Waals surface area contributed by atoms with Gasteiger partial charge in [0, 0.05) is 17.6 Å². The van der Waals surface area contributed by atoms with Crippen LogP contribution in [0.5, 0.6) is 5.75 Å². The smallest absolute Gasteiger partial charge is 0.340 e. The van der Waals surface area contributed by atoms with Crippen LogP contribution in [0.25, 0.3) is 10.9 Å². The normalized spacial score (nSPS) is 10.8. The van der Waals surface area contributed by atoms with Gasteiger partial charge in [0.1, 0.15) is 12.4 Å². The number of hydrogen-bond acceptors (Lipinski definition) is 3. The molecule has 1 heterocycles. The van der Waals surface area contributed by atoms with Gasteiger partial charge in [0.15, 0.2) is 0 Å². The van der Waals surface area contributed by atoms with E-state index in [4.69, 9.17) is 9.47 Å². The molecule has 0 atom stereocenters. The molecule has 0 amide bonds. The lowest BCUT2D eigenvalue weighted by Gasteiger charge is -2.09. The summed E-state index contributed by atoms with van der Waals surface area (Å²) < 4.78 is 14.0. The summed E-state index contributed by atoms with van der Waals surface area (Å²) in [7, 11) is 0. The van der Waals surface area contributed by atoms with Crippen LogP contribution in [0.3, 0.4) is 0 Å². The number of carbonyl (C=O) groups excluding carboxylic acids is 1. The van der Waals surface area contributed by atoms with Crippen molar-refractivity contribution in [2.24, 2.45) is 0 Å². The number of nitrogens with zero attached hydrogens (tertiary/aromatic N) is 1. The van der Waals surface area contributed by atoms with Gasteiger partial charge in [-0.25, -0.2) is 4.79 Å². The van der Waals surface area contributed by atoms with Crippen LogP contribution in [0, 0.1) is 6.92 Å². The van der Waals surface area contributed by atoms with Gasteiger partial charge in [-0.1, -0.05) is 26.0 Å². The standard InChI is InChI=1S/C19H24BrNO3/c1-5-8-9-21-13(4)18(19(22)23-7-3)14-11-17(24-10-6-2)15(20)12-16(14)21/h6,11-12H,2,5,7-10H2,1,3-4H3. The van der Waals surface area contributed by atoms with Crippen molar-refractivity contribution in [3.05, 3.63) is 40.5 Å². The van der Waals surface area contributed by atoms with E-state index in [0.29, 0.717) is 24.5 Å². The second kappa shape index (κ2) is 8.38. The minimum absolute atomic E-state index is 0.285. The molecule has 0 N–H and O–H groups in total. The molecule has 1 aromatic carbocycles. The first-order chi connectivity index (χ1) is 11.5. The zero-order chi connectivity index (χ0) is 17.7. The van der Waals surface area contributed by atoms with Crippen LogP contribution in [-0.2, 0) is 11.3 Å². The third-order valence-electron chi connectivity index (χ3n) is 3.95. The molecule has 130 valence electrons. The van der Waals surface area contributed by atoms with Gasteiger partial charge in [0.25, 0.3) is 0 Å². The summed E-state index contributed by atoms with van der Waals surface area (Å²) in [5, 5.41) is 0.865. The zero-order valence-corrected chi connectivity index (χ0v) is 16.1. The molecule has 4 nitrogen and oxygen atoms in total. The summed E-state index contributed by atoms with van der Waals surface area (Å²) in [6.07, 6.45) is 3.84. The Kier molecular flexibility index (Phi) is 6.49. The molecule has 0 spiro atoms. The van der Waals surface area contributed by atoms with Gasteiger partial charge in [-0.15, -0.1) is 0 Å². The Labute approximate surface area is 151 Å². The Balaban J connectivity index is 2.65. The molecule has 0 aliphatic rings. The summed E-state index contributed by atoms with van der Waals surface area (Å²) in [5.74, 6) is 0.410. The van der Waals surface area contributed by atoms with E-state index in [-0.39, 0.29) is 5.97 Å². The molecule has 0 unspecified atom stereocenters. The van der Waals surface area contributed by atoms with Crippen molar-refractivity contribution in [1.29, 1.82) is 0 Å². The Morgan fingerprint density at radius 3 is 2.75 bits per heavy atom. The van der Waals surface area contributed by atoms with Crippen molar-refractivity contribution in [3.63, 3.8) is 0 Å². The number of aromatic nitrogens is 1. The Bertz CT molecular complexity index is 749. The minimum Gasteiger partial charge on any atom is -0.488 e. The number of rotatable bonds is 8. The number of halogens is 1. The molecule has 2 aromatic rings. The number of fused-ring (bicyclic) bond motifs is 1. The highest BCUT2D eigenvalue weighted by atomic mass is 79.9. The van der Waals surface area contributed by atoms with Crippen LogP contribution in [0.2, 0.25) is 0 Å². The van der Waals surface area contributed by atoms with Crippen LogP contribution in [0.1, 0.15) is 42.7 Å². The molecule has 0 aliphatic carbocycles. The summed E-state index contributed by atoms with van der Waals surface area (Å²) in [4.78, 5) is 12.5. The van der Waals surface area contributed by atoms with E-state index in [1.807, 2.05) is 26.0 Å². The van der Waals surface area contributed by atoms with Crippen molar-refractivity contribution >= 4 is 32.8 Å². The molecule has 24 heavy (non-hydrogen) atoms. The lowest BCUT2D eigenvalue weighted by molar-refractivity contribution is 0.0527. The van der Waals surface area contributed by atoms with E-state index < -0.39 is 0 Å². The number of esters is 1. The topological polar surface area (TPSA) is 40.5 Å². The number of benzene rings is 1. The van der Waals surface area contributed by atoms with Crippen LogP contribution in [-0.4, -0.2) is 23.8 Å². The Morgan fingerprint density at radius 2 is 2.12 bits per heavy atom. The number of ether oxygens (including phenoxy) is 2. The second-order valence-electron chi connectivity index (χ2n) is 5.59. The van der Waals surface area contributed by atoms with Crippen molar-refractivity contribution in [2.75, 3.05) is 13.2 Å². The van der Waals surface area contributed by atoms with Crippen LogP contribution < -0.4 is 4.74 Å². The molecule has 0 saturated heterocycles. The summed E-state index contributed by atoms with van der Waals surface area (Å²) >= 11 is 3.56. The van der Waals surface area contributed by atoms with Crippen LogP contribution in [0.15, 0.2) is 29.3 Å². The quantitative estimate of drug-likeness (QED) is 0.453.